The minimum absolute atomic E-state index is 0.0447. The maximum Gasteiger partial charge on any atom is 0.456 e. The summed E-state index contributed by atoms with van der Waals surface area (Å²) in [5.74, 6) is -3.39. The Bertz CT molecular complexity index is 923. The highest BCUT2D eigenvalue weighted by molar-refractivity contribution is 9.10. The fraction of sp³-hybridized carbons (Fsp3) is 0.0625. The van der Waals surface area contributed by atoms with E-state index in [1.165, 1.54) is 24.3 Å². The predicted octanol–water partition coefficient (Wildman–Crippen LogP) is 5.50. The van der Waals surface area contributed by atoms with Gasteiger partial charge in [0.2, 0.25) is 0 Å². The molecule has 140 valence electrons. The molecule has 0 aliphatic carbocycles. The summed E-state index contributed by atoms with van der Waals surface area (Å²) in [6.45, 7) is 0. The predicted molar refractivity (Wildman–Crippen MR) is 92.4 cm³/mol. The average molecular weight is 444 g/mol. The molecule has 11 heteroatoms. The summed E-state index contributed by atoms with van der Waals surface area (Å²) in [6, 6.07) is 9.87. The van der Waals surface area contributed by atoms with Crippen molar-refractivity contribution in [3.63, 3.8) is 0 Å². The first-order valence-electron chi connectivity index (χ1n) is 7.06. The Hall–Kier alpha value is -3.08. The molecule has 0 heterocycles. The summed E-state index contributed by atoms with van der Waals surface area (Å²) in [4.78, 5) is 21.5. The van der Waals surface area contributed by atoms with E-state index in [0.717, 1.165) is 24.3 Å². The van der Waals surface area contributed by atoms with E-state index < -0.39 is 28.3 Å². The van der Waals surface area contributed by atoms with Gasteiger partial charge in [0, 0.05) is 22.2 Å². The van der Waals surface area contributed by atoms with Crippen molar-refractivity contribution in [2.75, 3.05) is 0 Å². The lowest BCUT2D eigenvalue weighted by Crippen LogP contribution is -2.24. The fourth-order valence-corrected chi connectivity index (χ4v) is 2.09. The zero-order valence-electron chi connectivity index (χ0n) is 13.1. The van der Waals surface area contributed by atoms with Crippen molar-refractivity contribution in [1.29, 1.82) is 0 Å². The zero-order chi connectivity index (χ0) is 20.2. The molecule has 27 heavy (non-hydrogen) atoms. The van der Waals surface area contributed by atoms with Crippen LogP contribution in [0.5, 0.6) is 0 Å². The van der Waals surface area contributed by atoms with Gasteiger partial charge in [-0.2, -0.15) is 18.3 Å². The maximum atomic E-state index is 12.8. The summed E-state index contributed by atoms with van der Waals surface area (Å²) >= 11 is 3.14. The lowest BCUT2D eigenvalue weighted by atomic mass is 10.1. The van der Waals surface area contributed by atoms with Gasteiger partial charge in [0.1, 0.15) is 0 Å². The number of non-ortho nitro benzene ring substituents is 1. The molecule has 0 radical (unpaired) electrons. The number of Topliss-reactive ketones (excluding diaryl/α,β-unsaturated/α-hetero) is 1. The Labute approximate surface area is 158 Å². The van der Waals surface area contributed by atoms with Crippen LogP contribution in [-0.2, 0) is 4.79 Å². The van der Waals surface area contributed by atoms with Crippen LogP contribution < -0.4 is 0 Å². The standard InChI is InChI=1S/C16H9BrF3N3O4/c17-10-3-1-9(2-4-10)14(24)13(15(25)16(18,19)20)22-21-11-5-7-12(8-6-11)23(26)27/h1-8,24H/b14-13-,22-21?. The number of allylic oxidation sites excluding steroid dienone is 1. The number of ketones is 1. The van der Waals surface area contributed by atoms with Crippen molar-refractivity contribution in [3.8, 4) is 0 Å². The number of nitrogens with zero attached hydrogens (tertiary/aromatic N) is 3. The van der Waals surface area contributed by atoms with Crippen molar-refractivity contribution in [1.82, 2.24) is 0 Å². The fourth-order valence-electron chi connectivity index (χ4n) is 1.83. The smallest absolute Gasteiger partial charge is 0.456 e. The quantitative estimate of drug-likeness (QED) is 0.216. The molecule has 0 saturated carbocycles. The first kappa shape index (κ1) is 20.2. The van der Waals surface area contributed by atoms with Gasteiger partial charge in [-0.25, -0.2) is 0 Å². The lowest BCUT2D eigenvalue weighted by Gasteiger charge is -2.08. The van der Waals surface area contributed by atoms with E-state index in [9.17, 15) is 33.2 Å². The number of nitro groups is 1. The topological polar surface area (TPSA) is 105 Å². The highest BCUT2D eigenvalue weighted by atomic mass is 79.9. The van der Waals surface area contributed by atoms with Crippen molar-refractivity contribution < 1.29 is 28.0 Å². The van der Waals surface area contributed by atoms with Crippen molar-refractivity contribution in [2.45, 2.75) is 6.18 Å². The van der Waals surface area contributed by atoms with E-state index in [-0.39, 0.29) is 16.9 Å². The maximum absolute atomic E-state index is 12.8. The molecule has 2 rings (SSSR count). The van der Waals surface area contributed by atoms with Crippen LogP contribution >= 0.6 is 15.9 Å². The molecule has 1 N–H and O–H groups in total. The molecule has 0 saturated heterocycles. The Balaban J connectivity index is 2.46. The van der Waals surface area contributed by atoms with Gasteiger partial charge in [-0.3, -0.25) is 14.9 Å². The van der Waals surface area contributed by atoms with Crippen LogP contribution in [0.3, 0.4) is 0 Å². The minimum Gasteiger partial charge on any atom is -0.505 e. The van der Waals surface area contributed by atoms with Crippen molar-refractivity contribution in [3.05, 3.63) is 74.4 Å². The van der Waals surface area contributed by atoms with Gasteiger partial charge in [0.25, 0.3) is 11.5 Å². The molecule has 7 nitrogen and oxygen atoms in total. The second-order valence-corrected chi connectivity index (χ2v) is 5.92. The van der Waals surface area contributed by atoms with Crippen molar-refractivity contribution >= 4 is 38.8 Å². The molecular formula is C16H9BrF3N3O4. The molecular weight excluding hydrogens is 435 g/mol. The van der Waals surface area contributed by atoms with E-state index in [1.807, 2.05) is 0 Å². The van der Waals surface area contributed by atoms with Crippen LogP contribution in [0.25, 0.3) is 5.76 Å². The molecule has 0 spiro atoms. The summed E-state index contributed by atoms with van der Waals surface area (Å²) in [7, 11) is 0. The molecule has 0 aliphatic rings. The summed E-state index contributed by atoms with van der Waals surface area (Å²) in [5, 5.41) is 27.4. The SMILES string of the molecule is O=C(/C(N=Nc1ccc([N+](=O)[O-])cc1)=C(/O)c1ccc(Br)cc1)C(F)(F)F. The molecule has 0 amide bonds. The van der Waals surface area contributed by atoms with Crippen molar-refractivity contribution in [2.24, 2.45) is 10.2 Å². The van der Waals surface area contributed by atoms with Crippen LogP contribution in [0.15, 0.2) is 68.9 Å². The van der Waals surface area contributed by atoms with Gasteiger partial charge in [-0.1, -0.05) is 28.1 Å². The molecule has 2 aromatic rings. The number of hydrogen-bond acceptors (Lipinski definition) is 6. The summed E-state index contributed by atoms with van der Waals surface area (Å²) < 4.78 is 39.1. The third kappa shape index (κ3) is 5.20. The zero-order valence-corrected chi connectivity index (χ0v) is 14.7. The highest BCUT2D eigenvalue weighted by Crippen LogP contribution is 2.28. The highest BCUT2D eigenvalue weighted by Gasteiger charge is 2.43. The van der Waals surface area contributed by atoms with Crippen LogP contribution in [0, 0.1) is 10.1 Å². The summed E-state index contributed by atoms with van der Waals surface area (Å²) in [5.41, 5.74) is -1.68. The van der Waals surface area contributed by atoms with Gasteiger partial charge in [0.15, 0.2) is 11.5 Å². The Kier molecular flexibility index (Phi) is 6.05. The number of alkyl halides is 3. The van der Waals surface area contributed by atoms with Gasteiger partial charge in [-0.15, -0.1) is 5.11 Å². The van der Waals surface area contributed by atoms with Crippen LogP contribution in [0.1, 0.15) is 5.56 Å². The number of nitro benzene ring substituents is 1. The van der Waals surface area contributed by atoms with Gasteiger partial charge in [0.05, 0.1) is 10.6 Å². The average Bonchev–Trinajstić information content (AvgIpc) is 2.61. The van der Waals surface area contributed by atoms with Crippen LogP contribution in [0.2, 0.25) is 0 Å². The first-order valence-corrected chi connectivity index (χ1v) is 7.86. The Morgan fingerprint density at radius 1 is 1.07 bits per heavy atom. The largest absolute Gasteiger partial charge is 0.505 e. The second kappa shape index (κ2) is 8.08. The minimum atomic E-state index is -5.28. The number of benzene rings is 2. The van der Waals surface area contributed by atoms with E-state index in [1.54, 1.807) is 0 Å². The molecule has 0 bridgehead atoms. The number of aliphatic hydroxyl groups is 1. The third-order valence-corrected chi connectivity index (χ3v) is 3.67. The number of halogens is 4. The molecule has 0 fully saturated rings. The Morgan fingerprint density at radius 2 is 1.63 bits per heavy atom. The van der Waals surface area contributed by atoms with Gasteiger partial charge < -0.3 is 5.11 Å². The molecule has 2 aromatic carbocycles. The second-order valence-electron chi connectivity index (χ2n) is 5.00. The summed E-state index contributed by atoms with van der Waals surface area (Å²) in [6.07, 6.45) is -5.28. The third-order valence-electron chi connectivity index (χ3n) is 3.14. The molecule has 0 atom stereocenters. The number of carbonyl (C=O) groups excluding carboxylic acids is 1. The van der Waals surface area contributed by atoms with E-state index in [0.29, 0.717) is 4.47 Å². The van der Waals surface area contributed by atoms with E-state index in [2.05, 4.69) is 26.2 Å². The number of carbonyl (C=O) groups is 1. The van der Waals surface area contributed by atoms with Gasteiger partial charge in [-0.05, 0) is 24.3 Å². The van der Waals surface area contributed by atoms with E-state index in [4.69, 9.17) is 0 Å². The van der Waals surface area contributed by atoms with Crippen LogP contribution in [-0.4, -0.2) is 22.0 Å². The first-order chi connectivity index (χ1) is 12.6. The molecule has 0 unspecified atom stereocenters. The molecule has 0 aliphatic heterocycles. The van der Waals surface area contributed by atoms with Gasteiger partial charge >= 0.3 is 6.18 Å². The normalized spacial score (nSPS) is 12.7. The number of aliphatic hydroxyl groups excluding tert-OH is 1. The monoisotopic (exact) mass is 443 g/mol. The number of hydrogen-bond donors (Lipinski definition) is 1. The van der Waals surface area contributed by atoms with Crippen LogP contribution in [0.4, 0.5) is 24.5 Å². The van der Waals surface area contributed by atoms with E-state index >= 15 is 0 Å². The molecule has 0 aromatic heterocycles. The number of rotatable bonds is 5. The lowest BCUT2D eigenvalue weighted by molar-refractivity contribution is -0.384. The number of azo groups is 1. The Morgan fingerprint density at radius 3 is 2.11 bits per heavy atom.